The van der Waals surface area contributed by atoms with E-state index in [0.717, 1.165) is 21.4 Å². The van der Waals surface area contributed by atoms with Crippen molar-refractivity contribution in [1.29, 1.82) is 0 Å². The predicted octanol–water partition coefficient (Wildman–Crippen LogP) is 5.29. The minimum Gasteiger partial charge on any atom is -0.236 e. The molecule has 0 amide bonds. The van der Waals surface area contributed by atoms with Crippen LogP contribution in [0.4, 0.5) is 0 Å². The van der Waals surface area contributed by atoms with Crippen LogP contribution in [0.15, 0.2) is 46.9 Å². The van der Waals surface area contributed by atoms with E-state index < -0.39 is 0 Å². The zero-order chi connectivity index (χ0) is 12.5. The van der Waals surface area contributed by atoms with Gasteiger partial charge in [-0.1, -0.05) is 47.1 Å². The van der Waals surface area contributed by atoms with Gasteiger partial charge in [-0.05, 0) is 30.2 Å². The molecule has 3 aromatic rings. The van der Waals surface area contributed by atoms with Crippen molar-refractivity contribution >= 4 is 37.5 Å². The van der Waals surface area contributed by atoms with Crippen molar-refractivity contribution in [3.05, 3.63) is 52.5 Å². The Morgan fingerprint density at radius 3 is 2.61 bits per heavy atom. The minimum absolute atomic E-state index is 1.07. The summed E-state index contributed by atoms with van der Waals surface area (Å²) in [5.41, 5.74) is 3.63. The summed E-state index contributed by atoms with van der Waals surface area (Å²) in [7, 11) is 0. The van der Waals surface area contributed by atoms with Crippen LogP contribution in [0.2, 0.25) is 0 Å². The minimum atomic E-state index is 1.07. The van der Waals surface area contributed by atoms with Crippen LogP contribution < -0.4 is 0 Å². The van der Waals surface area contributed by atoms with Gasteiger partial charge in [0.2, 0.25) is 0 Å². The fraction of sp³-hybridized carbons (Fsp3) is 0.133. The van der Waals surface area contributed by atoms with Crippen molar-refractivity contribution in [2.24, 2.45) is 0 Å². The molecule has 0 radical (unpaired) electrons. The van der Waals surface area contributed by atoms with Crippen LogP contribution in [-0.4, -0.2) is 4.98 Å². The second kappa shape index (κ2) is 4.82. The Bertz CT molecular complexity index is 685. The van der Waals surface area contributed by atoms with E-state index in [1.165, 1.54) is 15.8 Å². The van der Waals surface area contributed by atoms with Gasteiger partial charge in [-0.25, -0.2) is 4.98 Å². The second-order valence-electron chi connectivity index (χ2n) is 4.18. The topological polar surface area (TPSA) is 12.9 Å². The summed E-state index contributed by atoms with van der Waals surface area (Å²) in [6, 6.07) is 14.9. The molecule has 1 aromatic heterocycles. The van der Waals surface area contributed by atoms with Gasteiger partial charge in [0, 0.05) is 10.0 Å². The highest BCUT2D eigenvalue weighted by molar-refractivity contribution is 9.10. The molecule has 0 saturated heterocycles. The number of benzene rings is 2. The first-order chi connectivity index (χ1) is 8.76. The Kier molecular flexibility index (Phi) is 3.18. The van der Waals surface area contributed by atoms with Gasteiger partial charge < -0.3 is 0 Å². The van der Waals surface area contributed by atoms with Crippen molar-refractivity contribution in [3.8, 4) is 10.6 Å². The summed E-state index contributed by atoms with van der Waals surface area (Å²) in [4.78, 5) is 4.68. The molecular weight excluding hydrogens is 306 g/mol. The van der Waals surface area contributed by atoms with Crippen LogP contribution in [0, 0.1) is 0 Å². The van der Waals surface area contributed by atoms with Crippen LogP contribution in [0.25, 0.3) is 20.8 Å². The highest BCUT2D eigenvalue weighted by atomic mass is 79.9. The molecule has 0 saturated carbocycles. The first kappa shape index (κ1) is 11.9. The van der Waals surface area contributed by atoms with Gasteiger partial charge in [0.1, 0.15) is 5.01 Å². The van der Waals surface area contributed by atoms with Crippen molar-refractivity contribution in [3.63, 3.8) is 0 Å². The lowest BCUT2D eigenvalue weighted by atomic mass is 10.1. The number of hydrogen-bond acceptors (Lipinski definition) is 2. The molecule has 90 valence electrons. The Hall–Kier alpha value is -1.19. The fourth-order valence-electron chi connectivity index (χ4n) is 1.90. The maximum absolute atomic E-state index is 4.68. The molecule has 0 aliphatic heterocycles. The normalized spacial score (nSPS) is 11.0. The van der Waals surface area contributed by atoms with Gasteiger partial charge in [-0.15, -0.1) is 11.3 Å². The summed E-state index contributed by atoms with van der Waals surface area (Å²) < 4.78 is 2.32. The molecule has 2 aromatic carbocycles. The van der Waals surface area contributed by atoms with Crippen LogP contribution in [-0.2, 0) is 6.42 Å². The van der Waals surface area contributed by atoms with Gasteiger partial charge >= 0.3 is 0 Å². The lowest BCUT2D eigenvalue weighted by molar-refractivity contribution is 1.14. The lowest BCUT2D eigenvalue weighted by Gasteiger charge is -1.98. The third kappa shape index (κ3) is 2.20. The van der Waals surface area contributed by atoms with E-state index in [0.29, 0.717) is 0 Å². The molecule has 0 bridgehead atoms. The third-order valence-electron chi connectivity index (χ3n) is 2.96. The first-order valence-electron chi connectivity index (χ1n) is 5.91. The van der Waals surface area contributed by atoms with Gasteiger partial charge in [0.05, 0.1) is 10.2 Å². The number of fused-ring (bicyclic) bond motifs is 1. The fourth-order valence-corrected chi connectivity index (χ4v) is 3.43. The summed E-state index contributed by atoms with van der Waals surface area (Å²) >= 11 is 5.23. The zero-order valence-electron chi connectivity index (χ0n) is 9.98. The molecule has 0 unspecified atom stereocenters. The predicted molar refractivity (Wildman–Crippen MR) is 82.1 cm³/mol. The molecule has 0 N–H and O–H groups in total. The zero-order valence-corrected chi connectivity index (χ0v) is 12.4. The first-order valence-corrected chi connectivity index (χ1v) is 7.52. The summed E-state index contributed by atoms with van der Waals surface area (Å²) in [5, 5.41) is 1.09. The van der Waals surface area contributed by atoms with Gasteiger partial charge in [0.25, 0.3) is 0 Å². The van der Waals surface area contributed by atoms with E-state index in [1.54, 1.807) is 11.3 Å². The quantitative estimate of drug-likeness (QED) is 0.626. The van der Waals surface area contributed by atoms with Crippen molar-refractivity contribution in [1.82, 2.24) is 4.98 Å². The Labute approximate surface area is 119 Å². The van der Waals surface area contributed by atoms with Crippen LogP contribution in [0.3, 0.4) is 0 Å². The molecule has 0 atom stereocenters. The summed E-state index contributed by atoms with van der Waals surface area (Å²) in [6.45, 7) is 2.17. The molecule has 0 aliphatic carbocycles. The monoisotopic (exact) mass is 317 g/mol. The smallest absolute Gasteiger partial charge is 0.124 e. The molecule has 0 fully saturated rings. The SMILES string of the molecule is CCc1ccc(-c2nc3ccc(Br)cc3s2)cc1. The number of aromatic nitrogens is 1. The van der Waals surface area contributed by atoms with Gasteiger partial charge in [0.15, 0.2) is 0 Å². The standard InChI is InChI=1S/C15H12BrNS/c1-2-10-3-5-11(6-4-10)15-17-13-8-7-12(16)9-14(13)18-15/h3-9H,2H2,1H3. The molecule has 0 aliphatic rings. The van der Waals surface area contributed by atoms with Gasteiger partial charge in [-0.3, -0.25) is 0 Å². The van der Waals surface area contributed by atoms with Crippen molar-refractivity contribution in [2.45, 2.75) is 13.3 Å². The summed E-state index contributed by atoms with van der Waals surface area (Å²) in [6.07, 6.45) is 1.08. The van der Waals surface area contributed by atoms with E-state index in [2.05, 4.69) is 64.2 Å². The highest BCUT2D eigenvalue weighted by Gasteiger charge is 2.06. The average Bonchev–Trinajstić information content (AvgIpc) is 2.81. The van der Waals surface area contributed by atoms with E-state index >= 15 is 0 Å². The van der Waals surface area contributed by atoms with Crippen LogP contribution >= 0.6 is 27.3 Å². The van der Waals surface area contributed by atoms with Crippen LogP contribution in [0.5, 0.6) is 0 Å². The van der Waals surface area contributed by atoms with E-state index in [9.17, 15) is 0 Å². The molecular formula is C15H12BrNS. The van der Waals surface area contributed by atoms with Gasteiger partial charge in [-0.2, -0.15) is 0 Å². The Balaban J connectivity index is 2.07. The van der Waals surface area contributed by atoms with Crippen molar-refractivity contribution in [2.75, 3.05) is 0 Å². The molecule has 1 nitrogen and oxygen atoms in total. The number of hydrogen-bond donors (Lipinski definition) is 0. The maximum atomic E-state index is 4.68. The largest absolute Gasteiger partial charge is 0.236 e. The number of thiazole rings is 1. The van der Waals surface area contributed by atoms with E-state index in [1.807, 2.05) is 6.07 Å². The summed E-state index contributed by atoms with van der Waals surface area (Å²) in [5.74, 6) is 0. The Morgan fingerprint density at radius 1 is 1.11 bits per heavy atom. The second-order valence-corrected chi connectivity index (χ2v) is 6.13. The molecule has 3 rings (SSSR count). The molecule has 3 heteroatoms. The Morgan fingerprint density at radius 2 is 1.89 bits per heavy atom. The number of aryl methyl sites for hydroxylation is 1. The molecule has 0 spiro atoms. The highest BCUT2D eigenvalue weighted by Crippen LogP contribution is 2.31. The number of rotatable bonds is 2. The third-order valence-corrected chi connectivity index (χ3v) is 4.52. The number of halogens is 1. The lowest BCUT2D eigenvalue weighted by Crippen LogP contribution is -1.80. The number of nitrogens with zero attached hydrogens (tertiary/aromatic N) is 1. The van der Waals surface area contributed by atoms with Crippen LogP contribution in [0.1, 0.15) is 12.5 Å². The maximum Gasteiger partial charge on any atom is 0.124 e. The molecule has 1 heterocycles. The van der Waals surface area contributed by atoms with Crippen molar-refractivity contribution < 1.29 is 0 Å². The average molecular weight is 318 g/mol. The van der Waals surface area contributed by atoms with E-state index in [-0.39, 0.29) is 0 Å². The molecule has 18 heavy (non-hydrogen) atoms. The van der Waals surface area contributed by atoms with E-state index in [4.69, 9.17) is 0 Å².